The van der Waals surface area contributed by atoms with Gasteiger partial charge in [-0.1, -0.05) is 36.5 Å². The minimum atomic E-state index is -0.895. The molecule has 0 saturated carbocycles. The quantitative estimate of drug-likeness (QED) is 0.361. The Morgan fingerprint density at radius 2 is 1.79 bits per heavy atom. The highest BCUT2D eigenvalue weighted by atomic mass is 32.1. The lowest BCUT2D eigenvalue weighted by Gasteiger charge is -2.24. The molecule has 1 aliphatic rings. The lowest BCUT2D eigenvalue weighted by molar-refractivity contribution is -0.117. The molecule has 2 aromatic heterocycles. The highest BCUT2D eigenvalue weighted by molar-refractivity contribution is 7.22. The molecule has 4 aromatic rings. The number of hydrogen-bond acceptors (Lipinski definition) is 8. The van der Waals surface area contributed by atoms with Crippen LogP contribution >= 0.6 is 22.7 Å². The summed E-state index contributed by atoms with van der Waals surface area (Å²) in [5.41, 5.74) is 3.00. The van der Waals surface area contributed by atoms with E-state index in [0.29, 0.717) is 21.3 Å². The Bertz CT molecular complexity index is 1480. The van der Waals surface area contributed by atoms with Crippen LogP contribution in [0.25, 0.3) is 10.2 Å². The van der Waals surface area contributed by atoms with E-state index in [0.717, 1.165) is 27.2 Å². The number of benzene rings is 2. The van der Waals surface area contributed by atoms with E-state index >= 15 is 0 Å². The highest BCUT2D eigenvalue weighted by Crippen LogP contribution is 2.45. The fourth-order valence-corrected chi connectivity index (χ4v) is 6.08. The molecule has 1 aliphatic heterocycles. The Balaban J connectivity index is 1.67. The Hall–Kier alpha value is -3.56. The van der Waals surface area contributed by atoms with Crippen molar-refractivity contribution in [2.24, 2.45) is 0 Å². The Kier molecular flexibility index (Phi) is 5.45. The van der Waals surface area contributed by atoms with E-state index < -0.39 is 23.5 Å². The lowest BCUT2D eigenvalue weighted by atomic mass is 9.95. The Morgan fingerprint density at radius 3 is 2.44 bits per heavy atom. The van der Waals surface area contributed by atoms with Crippen LogP contribution in [0.2, 0.25) is 0 Å². The third kappa shape index (κ3) is 3.57. The third-order valence-electron chi connectivity index (χ3n) is 5.83. The molecule has 1 atom stereocenters. The maximum absolute atomic E-state index is 13.6. The van der Waals surface area contributed by atoms with Crippen molar-refractivity contribution in [1.82, 2.24) is 9.97 Å². The molecule has 0 saturated heterocycles. The van der Waals surface area contributed by atoms with Crippen molar-refractivity contribution in [3.8, 4) is 5.75 Å². The Labute approximate surface area is 203 Å². The maximum atomic E-state index is 13.6. The van der Waals surface area contributed by atoms with Gasteiger partial charge >= 0.3 is 0 Å². The summed E-state index contributed by atoms with van der Waals surface area (Å²) < 4.78 is 0.916. The average molecular weight is 492 g/mol. The molecule has 34 heavy (non-hydrogen) atoms. The monoisotopic (exact) mass is 491 g/mol. The second-order valence-corrected chi connectivity index (χ2v) is 10.3. The van der Waals surface area contributed by atoms with Gasteiger partial charge in [0.15, 0.2) is 10.9 Å². The van der Waals surface area contributed by atoms with E-state index in [1.807, 2.05) is 18.2 Å². The van der Waals surface area contributed by atoms with Gasteiger partial charge in [-0.15, -0.1) is 11.3 Å². The van der Waals surface area contributed by atoms with E-state index in [1.54, 1.807) is 26.0 Å². The van der Waals surface area contributed by atoms with Crippen molar-refractivity contribution >= 4 is 49.7 Å². The van der Waals surface area contributed by atoms with Crippen molar-refractivity contribution in [1.29, 1.82) is 0 Å². The number of carbonyl (C=O) groups is 2. The number of aromatic nitrogens is 2. The van der Waals surface area contributed by atoms with Crippen LogP contribution in [-0.4, -0.2) is 31.9 Å². The topological polar surface area (TPSA) is 104 Å². The molecule has 7 nitrogen and oxygen atoms in total. The molecule has 172 valence electrons. The van der Waals surface area contributed by atoms with Gasteiger partial charge in [-0.05, 0) is 55.7 Å². The van der Waals surface area contributed by atoms with Crippen LogP contribution in [0.3, 0.4) is 0 Å². The summed E-state index contributed by atoms with van der Waals surface area (Å²) in [5, 5.41) is 21.8. The molecule has 0 radical (unpaired) electrons. The average Bonchev–Trinajstić information content (AvgIpc) is 3.46. The highest BCUT2D eigenvalue weighted by Gasteiger charge is 2.46. The predicted octanol–water partition coefficient (Wildman–Crippen LogP) is 5.42. The number of aromatic hydroxyl groups is 1. The number of fused-ring (bicyclic) bond motifs is 1. The number of aliphatic hydroxyl groups is 1. The zero-order valence-corrected chi connectivity index (χ0v) is 20.3. The smallest absolute Gasteiger partial charge is 0.296 e. The molecular weight excluding hydrogens is 470 g/mol. The normalized spacial score (nSPS) is 16.1. The number of aryl methyl sites for hydroxylation is 3. The second kappa shape index (κ2) is 8.34. The minimum Gasteiger partial charge on any atom is -0.508 e. The number of phenolic OH excluding ortho intramolecular Hbond substituents is 1. The van der Waals surface area contributed by atoms with Gasteiger partial charge in [-0.2, -0.15) is 0 Å². The number of aliphatic hydroxyl groups excluding tert-OH is 1. The van der Waals surface area contributed by atoms with Crippen LogP contribution in [0, 0.1) is 13.8 Å². The first kappa shape index (κ1) is 22.2. The third-order valence-corrected chi connectivity index (χ3v) is 7.92. The minimum absolute atomic E-state index is 0.0176. The van der Waals surface area contributed by atoms with E-state index in [4.69, 9.17) is 0 Å². The molecule has 3 heterocycles. The molecule has 0 fully saturated rings. The summed E-state index contributed by atoms with van der Waals surface area (Å²) in [7, 11) is 0. The van der Waals surface area contributed by atoms with Crippen LogP contribution in [0.1, 0.15) is 44.5 Å². The van der Waals surface area contributed by atoms with Gasteiger partial charge in [0, 0.05) is 0 Å². The zero-order chi connectivity index (χ0) is 24.1. The van der Waals surface area contributed by atoms with E-state index in [2.05, 4.69) is 16.9 Å². The molecule has 1 amide bonds. The number of carbonyl (C=O) groups excluding carboxylic acids is 2. The summed E-state index contributed by atoms with van der Waals surface area (Å²) in [6.45, 7) is 5.60. The van der Waals surface area contributed by atoms with Gasteiger partial charge in [0.1, 0.15) is 5.75 Å². The molecular formula is C25H21N3O4S2. The summed E-state index contributed by atoms with van der Waals surface area (Å²) in [6, 6.07) is 11.3. The SMILES string of the molecule is CCc1ccc2nc(N3C(=O)C(O)=C(C(=O)c4sc(C)nc4C)C3c3ccc(O)cc3)sc2c1. The number of phenols is 1. The van der Waals surface area contributed by atoms with Crippen LogP contribution in [0.4, 0.5) is 5.13 Å². The number of Topliss-reactive ketones (excluding diaryl/α,β-unsaturated/α-hetero) is 1. The number of hydrogen-bond donors (Lipinski definition) is 2. The predicted molar refractivity (Wildman–Crippen MR) is 133 cm³/mol. The van der Waals surface area contributed by atoms with Crippen LogP contribution in [-0.2, 0) is 11.2 Å². The molecule has 2 aromatic carbocycles. The standard InChI is InChI=1S/C25H21N3O4S2/c1-4-14-5-10-17-18(11-14)34-25(27-17)28-20(15-6-8-16(29)9-7-15)19(22(31)24(28)32)21(30)23-12(2)26-13(3)33-23/h5-11,20,29,31H,4H2,1-3H3. The summed E-state index contributed by atoms with van der Waals surface area (Å²) in [4.78, 5) is 37.7. The van der Waals surface area contributed by atoms with Crippen LogP contribution < -0.4 is 4.90 Å². The van der Waals surface area contributed by atoms with E-state index in [1.165, 1.54) is 39.7 Å². The van der Waals surface area contributed by atoms with Crippen LogP contribution in [0.15, 0.2) is 53.8 Å². The summed E-state index contributed by atoms with van der Waals surface area (Å²) in [5.74, 6) is -1.66. The molecule has 0 aliphatic carbocycles. The van der Waals surface area contributed by atoms with Gasteiger partial charge in [-0.3, -0.25) is 14.5 Å². The lowest BCUT2D eigenvalue weighted by Crippen LogP contribution is -2.30. The van der Waals surface area contributed by atoms with Crippen molar-refractivity contribution in [3.63, 3.8) is 0 Å². The molecule has 2 N–H and O–H groups in total. The first-order valence-corrected chi connectivity index (χ1v) is 12.4. The van der Waals surface area contributed by atoms with Gasteiger partial charge in [-0.25, -0.2) is 9.97 Å². The van der Waals surface area contributed by atoms with Crippen LogP contribution in [0.5, 0.6) is 5.75 Å². The number of thiazole rings is 2. The van der Waals surface area contributed by atoms with E-state index in [9.17, 15) is 19.8 Å². The molecule has 0 spiro atoms. The number of ketones is 1. The number of rotatable bonds is 5. The van der Waals surface area contributed by atoms with Gasteiger partial charge in [0.05, 0.1) is 37.4 Å². The van der Waals surface area contributed by atoms with Gasteiger partial charge in [0.2, 0.25) is 5.78 Å². The second-order valence-electron chi connectivity index (χ2n) is 8.06. The fraction of sp³-hybridized carbons (Fsp3) is 0.200. The largest absolute Gasteiger partial charge is 0.508 e. The molecule has 9 heteroatoms. The molecule has 1 unspecified atom stereocenters. The molecule has 5 rings (SSSR count). The molecule has 0 bridgehead atoms. The van der Waals surface area contributed by atoms with Gasteiger partial charge < -0.3 is 10.2 Å². The van der Waals surface area contributed by atoms with Crippen molar-refractivity contribution < 1.29 is 19.8 Å². The maximum Gasteiger partial charge on any atom is 0.296 e. The van der Waals surface area contributed by atoms with Gasteiger partial charge in [0.25, 0.3) is 5.91 Å². The zero-order valence-electron chi connectivity index (χ0n) is 18.7. The summed E-state index contributed by atoms with van der Waals surface area (Å²) >= 11 is 2.56. The van der Waals surface area contributed by atoms with Crippen molar-refractivity contribution in [3.05, 3.63) is 80.5 Å². The Morgan fingerprint density at radius 1 is 1.06 bits per heavy atom. The first-order chi connectivity index (χ1) is 16.3. The number of nitrogens with zero attached hydrogens (tertiary/aromatic N) is 3. The fourth-order valence-electron chi connectivity index (χ4n) is 4.15. The number of anilines is 1. The van der Waals surface area contributed by atoms with Crippen molar-refractivity contribution in [2.45, 2.75) is 33.2 Å². The van der Waals surface area contributed by atoms with E-state index in [-0.39, 0.29) is 11.3 Å². The first-order valence-electron chi connectivity index (χ1n) is 10.7. The summed E-state index contributed by atoms with van der Waals surface area (Å²) in [6.07, 6.45) is 0.872. The number of amides is 1. The van der Waals surface area contributed by atoms with Crippen molar-refractivity contribution in [2.75, 3.05) is 4.90 Å².